The number of hydrogen-bond acceptors (Lipinski definition) is 3. The number of halogens is 1. The maximum absolute atomic E-state index is 14.7. The number of unbranched alkanes of at least 4 members (excludes halogenated alkanes) is 3. The molecule has 0 saturated carbocycles. The second kappa shape index (κ2) is 11.9. The number of carbonyl (C=O) groups excluding carboxylic acids is 1. The second-order valence-electron chi connectivity index (χ2n) is 6.82. The van der Waals surface area contributed by atoms with Gasteiger partial charge in [-0.2, -0.15) is 5.10 Å². The molecule has 0 unspecified atom stereocenters. The van der Waals surface area contributed by atoms with Crippen molar-refractivity contribution in [2.45, 2.75) is 58.9 Å². The smallest absolute Gasteiger partial charge is 0.269 e. The van der Waals surface area contributed by atoms with Crippen LogP contribution >= 0.6 is 0 Å². The van der Waals surface area contributed by atoms with Crippen molar-refractivity contribution in [1.82, 2.24) is 15.1 Å². The molecule has 0 atom stereocenters. The molecule has 0 saturated heterocycles. The summed E-state index contributed by atoms with van der Waals surface area (Å²) in [5.74, 6) is 5.71. The van der Waals surface area contributed by atoms with Gasteiger partial charge in [-0.1, -0.05) is 32.4 Å². The fourth-order valence-corrected chi connectivity index (χ4v) is 2.77. The third-order valence-corrected chi connectivity index (χ3v) is 4.49. The molecule has 1 aromatic carbocycles. The summed E-state index contributed by atoms with van der Waals surface area (Å²) >= 11 is 0. The topological polar surface area (TPSA) is 56.1 Å². The minimum absolute atomic E-state index is 0.0808. The first-order valence-corrected chi connectivity index (χ1v) is 10.2. The average molecular weight is 400 g/mol. The molecule has 0 radical (unpaired) electrons. The van der Waals surface area contributed by atoms with Gasteiger partial charge in [0.15, 0.2) is 11.6 Å². The van der Waals surface area contributed by atoms with E-state index in [0.717, 1.165) is 44.2 Å². The fourth-order valence-electron chi connectivity index (χ4n) is 2.77. The summed E-state index contributed by atoms with van der Waals surface area (Å²) in [5, 5.41) is 7.01. The molecule has 1 aromatic heterocycles. The van der Waals surface area contributed by atoms with Gasteiger partial charge in [0.05, 0.1) is 12.3 Å². The van der Waals surface area contributed by atoms with Gasteiger partial charge in [0.25, 0.3) is 5.91 Å². The van der Waals surface area contributed by atoms with Crippen molar-refractivity contribution in [2.24, 2.45) is 7.05 Å². The van der Waals surface area contributed by atoms with Crippen LogP contribution in [-0.4, -0.2) is 22.3 Å². The summed E-state index contributed by atoms with van der Waals surface area (Å²) in [4.78, 5) is 12.4. The molecule has 156 valence electrons. The zero-order valence-electron chi connectivity index (χ0n) is 17.6. The Morgan fingerprint density at radius 1 is 1.24 bits per heavy atom. The van der Waals surface area contributed by atoms with Gasteiger partial charge in [-0.25, -0.2) is 4.39 Å². The standard InChI is InChI=1S/C23H30FN3O2/c1-4-6-7-8-9-10-11-15-29-21-14-12-13-18(22(21)24)17-25-23(28)20-16-19(5-2)26-27(20)3/h12-14,16H,4-7,10-11,15,17H2,1-3H3,(H,25,28). The molecule has 1 N–H and O–H groups in total. The minimum atomic E-state index is -0.443. The molecule has 5 nitrogen and oxygen atoms in total. The van der Waals surface area contributed by atoms with Gasteiger partial charge in [-0.3, -0.25) is 9.48 Å². The highest BCUT2D eigenvalue weighted by atomic mass is 19.1. The number of nitrogens with zero attached hydrogens (tertiary/aromatic N) is 2. The number of amides is 1. The van der Waals surface area contributed by atoms with Crippen LogP contribution in [0.4, 0.5) is 4.39 Å². The molecule has 0 aliphatic carbocycles. The van der Waals surface area contributed by atoms with Crippen LogP contribution in [0.5, 0.6) is 5.75 Å². The molecule has 6 heteroatoms. The first-order chi connectivity index (χ1) is 14.1. The predicted molar refractivity (Wildman–Crippen MR) is 112 cm³/mol. The van der Waals surface area contributed by atoms with Crippen molar-refractivity contribution < 1.29 is 13.9 Å². The maximum atomic E-state index is 14.7. The highest BCUT2D eigenvalue weighted by Gasteiger charge is 2.14. The third-order valence-electron chi connectivity index (χ3n) is 4.49. The summed E-state index contributed by atoms with van der Waals surface area (Å²) in [6.45, 7) is 4.61. The lowest BCUT2D eigenvalue weighted by Crippen LogP contribution is -2.25. The van der Waals surface area contributed by atoms with Crippen molar-refractivity contribution in [2.75, 3.05) is 6.61 Å². The number of benzene rings is 1. The van der Waals surface area contributed by atoms with E-state index in [-0.39, 0.29) is 18.2 Å². The summed E-state index contributed by atoms with van der Waals surface area (Å²) < 4.78 is 21.8. The van der Waals surface area contributed by atoms with Crippen LogP contribution in [0.15, 0.2) is 24.3 Å². The van der Waals surface area contributed by atoms with Gasteiger partial charge in [0, 0.05) is 32.0 Å². The Morgan fingerprint density at radius 3 is 2.69 bits per heavy atom. The van der Waals surface area contributed by atoms with E-state index in [1.165, 1.54) is 4.68 Å². The largest absolute Gasteiger partial charge is 0.490 e. The highest BCUT2D eigenvalue weighted by molar-refractivity contribution is 5.92. The van der Waals surface area contributed by atoms with Gasteiger partial charge >= 0.3 is 0 Å². The lowest BCUT2D eigenvalue weighted by atomic mass is 10.2. The highest BCUT2D eigenvalue weighted by Crippen LogP contribution is 2.21. The van der Waals surface area contributed by atoms with Gasteiger partial charge in [0.1, 0.15) is 5.69 Å². The number of hydrogen-bond donors (Lipinski definition) is 1. The molecular formula is C23H30FN3O2. The maximum Gasteiger partial charge on any atom is 0.269 e. The number of aromatic nitrogens is 2. The SMILES string of the molecule is CCCCC#CCCCOc1cccc(CNC(=O)c2cc(CC)nn2C)c1F. The second-order valence-corrected chi connectivity index (χ2v) is 6.82. The number of rotatable bonds is 10. The molecule has 2 rings (SSSR count). The van der Waals surface area contributed by atoms with Crippen molar-refractivity contribution in [3.8, 4) is 17.6 Å². The molecule has 0 spiro atoms. The third kappa shape index (κ3) is 6.94. The molecule has 0 aliphatic heterocycles. The van der Waals surface area contributed by atoms with Gasteiger partial charge in [-0.05, 0) is 31.4 Å². The zero-order chi connectivity index (χ0) is 21.1. The van der Waals surface area contributed by atoms with Crippen LogP contribution in [0.25, 0.3) is 0 Å². The molecule has 0 aliphatic rings. The van der Waals surface area contributed by atoms with Crippen LogP contribution in [0.3, 0.4) is 0 Å². The minimum Gasteiger partial charge on any atom is -0.490 e. The van der Waals surface area contributed by atoms with E-state index in [0.29, 0.717) is 17.9 Å². The van der Waals surface area contributed by atoms with E-state index in [9.17, 15) is 9.18 Å². The van der Waals surface area contributed by atoms with Gasteiger partial charge in [-0.15, -0.1) is 11.8 Å². The van der Waals surface area contributed by atoms with E-state index in [1.807, 2.05) is 6.92 Å². The van der Waals surface area contributed by atoms with Crippen molar-refractivity contribution in [3.05, 3.63) is 47.0 Å². The van der Waals surface area contributed by atoms with Gasteiger partial charge in [0.2, 0.25) is 0 Å². The molecule has 1 amide bonds. The number of aryl methyl sites for hydroxylation is 2. The van der Waals surface area contributed by atoms with Crippen molar-refractivity contribution in [3.63, 3.8) is 0 Å². The number of carbonyl (C=O) groups is 1. The Bertz CT molecular complexity index is 865. The van der Waals surface area contributed by atoms with E-state index in [1.54, 1.807) is 31.3 Å². The summed E-state index contributed by atoms with van der Waals surface area (Å²) in [7, 11) is 1.72. The van der Waals surface area contributed by atoms with Gasteiger partial charge < -0.3 is 10.1 Å². The Labute approximate surface area is 172 Å². The molecule has 0 fully saturated rings. The van der Waals surface area contributed by atoms with Crippen LogP contribution in [0.1, 0.15) is 67.7 Å². The number of ether oxygens (including phenoxy) is 1. The van der Waals surface area contributed by atoms with Crippen LogP contribution < -0.4 is 10.1 Å². The lowest BCUT2D eigenvalue weighted by Gasteiger charge is -2.11. The predicted octanol–water partition coefficient (Wildman–Crippen LogP) is 4.40. The van der Waals surface area contributed by atoms with Crippen molar-refractivity contribution >= 4 is 5.91 Å². The zero-order valence-corrected chi connectivity index (χ0v) is 17.6. The first kappa shape index (κ1) is 22.5. The van der Waals surface area contributed by atoms with Crippen LogP contribution in [-0.2, 0) is 20.0 Å². The molecule has 2 aromatic rings. The molecule has 1 heterocycles. The first-order valence-electron chi connectivity index (χ1n) is 10.2. The molecular weight excluding hydrogens is 369 g/mol. The molecule has 0 bridgehead atoms. The summed E-state index contributed by atoms with van der Waals surface area (Å²) in [5.41, 5.74) is 1.68. The van der Waals surface area contributed by atoms with E-state index < -0.39 is 5.82 Å². The average Bonchev–Trinajstić information content (AvgIpc) is 3.11. The summed E-state index contributed by atoms with van der Waals surface area (Å²) in [6, 6.07) is 6.71. The summed E-state index contributed by atoms with van der Waals surface area (Å²) in [6.07, 6.45) is 5.44. The van der Waals surface area contributed by atoms with Crippen molar-refractivity contribution in [1.29, 1.82) is 0 Å². The quantitative estimate of drug-likeness (QED) is 0.476. The normalized spacial score (nSPS) is 10.3. The Kier molecular flexibility index (Phi) is 9.23. The van der Waals surface area contributed by atoms with E-state index in [4.69, 9.17) is 4.74 Å². The van der Waals surface area contributed by atoms with Crippen LogP contribution in [0.2, 0.25) is 0 Å². The molecule has 29 heavy (non-hydrogen) atoms. The lowest BCUT2D eigenvalue weighted by molar-refractivity contribution is 0.0941. The Morgan fingerprint density at radius 2 is 2.00 bits per heavy atom. The monoisotopic (exact) mass is 399 g/mol. The fraction of sp³-hybridized carbons (Fsp3) is 0.478. The Balaban J connectivity index is 1.85. The van der Waals surface area contributed by atoms with E-state index in [2.05, 4.69) is 29.2 Å². The van der Waals surface area contributed by atoms with Crippen LogP contribution in [0, 0.1) is 17.7 Å². The van der Waals surface area contributed by atoms with E-state index >= 15 is 0 Å². The number of nitrogens with one attached hydrogen (secondary N) is 1. The Hall–Kier alpha value is -2.81.